The number of nitrogens with one attached hydrogen (secondary N) is 2. The molecule has 0 saturated carbocycles. The Hall–Kier alpha value is -3.06. The van der Waals surface area contributed by atoms with Gasteiger partial charge in [-0.25, -0.2) is 18.7 Å². The van der Waals surface area contributed by atoms with Gasteiger partial charge >= 0.3 is 0 Å². The number of hydrogen-bond donors (Lipinski definition) is 2. The molecule has 0 fully saturated rings. The predicted molar refractivity (Wildman–Crippen MR) is 95.8 cm³/mol. The van der Waals surface area contributed by atoms with E-state index < -0.39 is 17.5 Å². The fraction of sp³-hybridized carbons (Fsp3) is 0.0556. The summed E-state index contributed by atoms with van der Waals surface area (Å²) in [5.74, 6) is -1.86. The van der Waals surface area contributed by atoms with Crippen LogP contribution in [-0.4, -0.2) is 15.9 Å². The van der Waals surface area contributed by atoms with Crippen molar-refractivity contribution in [3.05, 3.63) is 76.7 Å². The first kappa shape index (κ1) is 17.8. The van der Waals surface area contributed by atoms with Crippen molar-refractivity contribution < 1.29 is 13.6 Å². The summed E-state index contributed by atoms with van der Waals surface area (Å²) in [7, 11) is 0. The molecule has 3 rings (SSSR count). The Morgan fingerprint density at radius 1 is 1.04 bits per heavy atom. The molecule has 0 saturated heterocycles. The summed E-state index contributed by atoms with van der Waals surface area (Å²) in [6.45, 7) is 1.88. The second-order valence-electron chi connectivity index (χ2n) is 5.45. The zero-order valence-electron chi connectivity index (χ0n) is 13.6. The molecule has 5 nitrogen and oxygen atoms in total. The summed E-state index contributed by atoms with van der Waals surface area (Å²) >= 11 is 5.93. The van der Waals surface area contributed by atoms with Gasteiger partial charge in [0.25, 0.3) is 5.91 Å². The average Bonchev–Trinajstić information content (AvgIpc) is 2.60. The average molecular weight is 375 g/mol. The van der Waals surface area contributed by atoms with Crippen LogP contribution >= 0.6 is 11.6 Å². The van der Waals surface area contributed by atoms with E-state index in [1.165, 1.54) is 12.4 Å². The minimum absolute atomic E-state index is 0.0258. The van der Waals surface area contributed by atoms with Crippen molar-refractivity contribution in [2.24, 2.45) is 0 Å². The van der Waals surface area contributed by atoms with E-state index in [2.05, 4.69) is 20.6 Å². The summed E-state index contributed by atoms with van der Waals surface area (Å²) < 4.78 is 26.6. The van der Waals surface area contributed by atoms with Gasteiger partial charge in [-0.15, -0.1) is 0 Å². The maximum absolute atomic E-state index is 13.7. The topological polar surface area (TPSA) is 66.9 Å². The molecule has 1 heterocycles. The smallest absolute Gasteiger partial charge is 0.274 e. The molecule has 1 aromatic heterocycles. The molecule has 2 N–H and O–H groups in total. The van der Waals surface area contributed by atoms with E-state index in [0.29, 0.717) is 16.9 Å². The molecule has 0 aliphatic carbocycles. The van der Waals surface area contributed by atoms with Crippen molar-refractivity contribution >= 4 is 34.7 Å². The number of halogens is 3. The van der Waals surface area contributed by atoms with Crippen LogP contribution in [-0.2, 0) is 0 Å². The van der Waals surface area contributed by atoms with Crippen LogP contribution in [0.1, 0.15) is 16.1 Å². The van der Waals surface area contributed by atoms with Crippen LogP contribution in [0.15, 0.2) is 48.8 Å². The number of hydrogen-bond acceptors (Lipinski definition) is 4. The number of rotatable bonds is 4. The Kier molecular flexibility index (Phi) is 5.09. The number of anilines is 3. The quantitative estimate of drug-likeness (QED) is 0.694. The summed E-state index contributed by atoms with van der Waals surface area (Å²) in [5.41, 5.74) is 1.55. The van der Waals surface area contributed by atoms with Crippen molar-refractivity contribution in [1.82, 2.24) is 9.97 Å². The molecular formula is C18H13ClF2N4O. The zero-order valence-corrected chi connectivity index (χ0v) is 14.3. The van der Waals surface area contributed by atoms with Gasteiger partial charge in [0.15, 0.2) is 0 Å². The maximum Gasteiger partial charge on any atom is 0.274 e. The first-order valence-electron chi connectivity index (χ1n) is 7.54. The number of carbonyl (C=O) groups excluding carboxylic acids is 1. The Balaban J connectivity index is 1.79. The van der Waals surface area contributed by atoms with Crippen LogP contribution in [0.5, 0.6) is 0 Å². The van der Waals surface area contributed by atoms with Crippen LogP contribution in [0, 0.1) is 18.6 Å². The lowest BCUT2D eigenvalue weighted by molar-refractivity contribution is 0.102. The van der Waals surface area contributed by atoms with Gasteiger partial charge in [-0.2, -0.15) is 0 Å². The number of aromatic nitrogens is 2. The minimum Gasteiger partial charge on any atom is -0.340 e. The van der Waals surface area contributed by atoms with Crippen molar-refractivity contribution in [2.75, 3.05) is 10.6 Å². The van der Waals surface area contributed by atoms with Crippen LogP contribution in [0.25, 0.3) is 0 Å². The van der Waals surface area contributed by atoms with Crippen molar-refractivity contribution in [1.29, 1.82) is 0 Å². The minimum atomic E-state index is -0.873. The maximum atomic E-state index is 13.7. The van der Waals surface area contributed by atoms with E-state index in [-0.39, 0.29) is 11.4 Å². The number of aryl methyl sites for hydroxylation is 1. The Bertz CT molecular complexity index is 981. The van der Waals surface area contributed by atoms with Crippen LogP contribution in [0.3, 0.4) is 0 Å². The highest BCUT2D eigenvalue weighted by Crippen LogP contribution is 2.23. The third-order valence-electron chi connectivity index (χ3n) is 3.53. The van der Waals surface area contributed by atoms with Gasteiger partial charge in [0, 0.05) is 22.8 Å². The lowest BCUT2D eigenvalue weighted by Crippen LogP contribution is -2.15. The second-order valence-corrected chi connectivity index (χ2v) is 5.89. The molecule has 0 aliphatic heterocycles. The molecule has 0 aliphatic rings. The van der Waals surface area contributed by atoms with E-state index in [1.54, 1.807) is 18.2 Å². The Morgan fingerprint density at radius 2 is 1.81 bits per heavy atom. The molecule has 0 unspecified atom stereocenters. The van der Waals surface area contributed by atoms with E-state index in [9.17, 15) is 13.6 Å². The standard InChI is InChI=1S/C18H13ClF2N4O/c1-10-6-11(19)2-4-14(10)24-17-8-16(22-9-23-17)18(26)25-15-5-3-12(20)7-13(15)21/h2-9H,1H3,(H,25,26)(H,22,23,24). The molecule has 0 atom stereocenters. The van der Waals surface area contributed by atoms with Gasteiger partial charge < -0.3 is 10.6 Å². The van der Waals surface area contributed by atoms with Crippen molar-refractivity contribution in [2.45, 2.75) is 6.92 Å². The highest BCUT2D eigenvalue weighted by Gasteiger charge is 2.13. The van der Waals surface area contributed by atoms with Crippen LogP contribution in [0.4, 0.5) is 26.0 Å². The molecule has 26 heavy (non-hydrogen) atoms. The van der Waals surface area contributed by atoms with E-state index >= 15 is 0 Å². The molecule has 2 aromatic carbocycles. The molecule has 0 bridgehead atoms. The third-order valence-corrected chi connectivity index (χ3v) is 3.77. The highest BCUT2D eigenvalue weighted by molar-refractivity contribution is 6.30. The van der Waals surface area contributed by atoms with Crippen molar-refractivity contribution in [3.63, 3.8) is 0 Å². The van der Waals surface area contributed by atoms with Gasteiger partial charge in [0.1, 0.15) is 29.5 Å². The van der Waals surface area contributed by atoms with Crippen LogP contribution < -0.4 is 10.6 Å². The number of amides is 1. The summed E-state index contributed by atoms with van der Waals surface area (Å²) in [4.78, 5) is 20.2. The molecule has 1 amide bonds. The highest BCUT2D eigenvalue weighted by atomic mass is 35.5. The first-order valence-corrected chi connectivity index (χ1v) is 7.92. The molecule has 0 radical (unpaired) electrons. The number of nitrogens with zero attached hydrogens (tertiary/aromatic N) is 2. The zero-order chi connectivity index (χ0) is 18.7. The summed E-state index contributed by atoms with van der Waals surface area (Å²) in [6, 6.07) is 9.60. The van der Waals surface area contributed by atoms with Gasteiger partial charge in [-0.05, 0) is 42.8 Å². The van der Waals surface area contributed by atoms with Gasteiger partial charge in [-0.3, -0.25) is 4.79 Å². The summed E-state index contributed by atoms with van der Waals surface area (Å²) in [5, 5.41) is 6.02. The van der Waals surface area contributed by atoms with Crippen molar-refractivity contribution in [3.8, 4) is 0 Å². The molecule has 132 valence electrons. The SMILES string of the molecule is Cc1cc(Cl)ccc1Nc1cc(C(=O)Nc2ccc(F)cc2F)ncn1. The Morgan fingerprint density at radius 3 is 2.54 bits per heavy atom. The number of benzene rings is 2. The van der Waals surface area contributed by atoms with E-state index in [4.69, 9.17) is 11.6 Å². The molecule has 0 spiro atoms. The normalized spacial score (nSPS) is 10.5. The van der Waals surface area contributed by atoms with E-state index in [0.717, 1.165) is 23.4 Å². The fourth-order valence-corrected chi connectivity index (χ4v) is 2.46. The molecular weight excluding hydrogens is 362 g/mol. The van der Waals surface area contributed by atoms with E-state index in [1.807, 2.05) is 6.92 Å². The molecule has 3 aromatic rings. The number of carbonyl (C=O) groups is 1. The van der Waals surface area contributed by atoms with Gasteiger partial charge in [-0.1, -0.05) is 11.6 Å². The van der Waals surface area contributed by atoms with Crippen LogP contribution in [0.2, 0.25) is 5.02 Å². The Labute approximate surface area is 153 Å². The largest absolute Gasteiger partial charge is 0.340 e. The lowest BCUT2D eigenvalue weighted by Gasteiger charge is -2.10. The predicted octanol–water partition coefficient (Wildman–Crippen LogP) is 4.71. The fourth-order valence-electron chi connectivity index (χ4n) is 2.23. The second kappa shape index (κ2) is 7.45. The van der Waals surface area contributed by atoms with Gasteiger partial charge in [0.2, 0.25) is 0 Å². The monoisotopic (exact) mass is 374 g/mol. The summed E-state index contributed by atoms with van der Waals surface area (Å²) in [6.07, 6.45) is 1.21. The molecule has 8 heteroatoms. The first-order chi connectivity index (χ1) is 12.4. The lowest BCUT2D eigenvalue weighted by atomic mass is 10.2. The van der Waals surface area contributed by atoms with Gasteiger partial charge in [0.05, 0.1) is 5.69 Å². The third kappa shape index (κ3) is 4.12.